The van der Waals surface area contributed by atoms with Crippen LogP contribution in [0.2, 0.25) is 0 Å². The van der Waals surface area contributed by atoms with E-state index < -0.39 is 0 Å². The Morgan fingerprint density at radius 2 is 1.00 bits per heavy atom. The van der Waals surface area contributed by atoms with Gasteiger partial charge in [0.05, 0.1) is 0 Å². The summed E-state index contributed by atoms with van der Waals surface area (Å²) >= 11 is 0. The van der Waals surface area contributed by atoms with Crippen LogP contribution in [0, 0.1) is 0 Å². The van der Waals surface area contributed by atoms with Crippen molar-refractivity contribution in [2.24, 2.45) is 0 Å². The summed E-state index contributed by atoms with van der Waals surface area (Å²) in [5.41, 5.74) is 0. The van der Waals surface area contributed by atoms with Crippen molar-refractivity contribution in [3.05, 3.63) is 0 Å². The molecule has 0 nitrogen and oxygen atoms in total. The van der Waals surface area contributed by atoms with Crippen LogP contribution in [0.4, 0.5) is 0 Å². The van der Waals surface area contributed by atoms with Crippen molar-refractivity contribution in [2.75, 3.05) is 0 Å². The Balaban J connectivity index is 0. The Morgan fingerprint density at radius 1 is 1.00 bits per heavy atom. The van der Waals surface area contributed by atoms with Gasteiger partial charge >= 0.3 is 64.3 Å². The van der Waals surface area contributed by atoms with Crippen molar-refractivity contribution < 1.29 is 17.4 Å². The summed E-state index contributed by atoms with van der Waals surface area (Å²) in [5, 5.41) is 0. The summed E-state index contributed by atoms with van der Waals surface area (Å²) in [6, 6.07) is 0. The van der Waals surface area contributed by atoms with Gasteiger partial charge in [-0.3, -0.25) is 0 Å². The topological polar surface area (TPSA) is 0 Å². The van der Waals surface area contributed by atoms with E-state index in [1.165, 1.54) is 0 Å². The molecule has 4 heavy (non-hydrogen) atoms. The first-order valence-electron chi connectivity index (χ1n) is 0. The quantitative estimate of drug-likeness (QED) is 0.354. The van der Waals surface area contributed by atoms with E-state index in [-0.39, 0.29) is 99.1 Å². The third kappa shape index (κ3) is 8.94. The number of hydrogen-bond donors (Lipinski definition) is 0. The van der Waals surface area contributed by atoms with Gasteiger partial charge in [0.25, 0.3) is 0 Å². The molecule has 0 aliphatic rings. The van der Waals surface area contributed by atoms with Crippen LogP contribution >= 0.6 is 0 Å². The minimum atomic E-state index is 0. The van der Waals surface area contributed by atoms with Gasteiger partial charge in [-0.15, -0.1) is 0 Å². The van der Waals surface area contributed by atoms with E-state index in [0.29, 0.717) is 0 Å². The fourth-order valence-electron chi connectivity index (χ4n) is 0. The fraction of sp³-hybridized carbons (Fsp3) is 0. The molecule has 0 heterocycles. The van der Waals surface area contributed by atoms with Crippen LogP contribution in [-0.2, 0) is 17.4 Å². The van der Waals surface area contributed by atoms with Gasteiger partial charge in [-0.1, -0.05) is 0 Å². The molecule has 0 bridgehead atoms. The number of hydrogen-bond acceptors (Lipinski definition) is 0. The third-order valence-electron chi connectivity index (χ3n) is 0. The van der Waals surface area contributed by atoms with Crippen LogP contribution < -0.4 is 0 Å². The first kappa shape index (κ1) is 27.3. The molecule has 0 aromatic rings. The van der Waals surface area contributed by atoms with Gasteiger partial charge in [-0.2, -0.15) is 0 Å². The second-order valence-corrected chi connectivity index (χ2v) is 0. The molecule has 0 saturated heterocycles. The van der Waals surface area contributed by atoms with E-state index in [0.717, 1.165) is 0 Å². The molecule has 0 aromatic carbocycles. The maximum absolute atomic E-state index is 0. The molecule has 0 atom stereocenters. The van der Waals surface area contributed by atoms with Gasteiger partial charge in [0, 0.05) is 17.4 Å². The molecular formula is H6AlCrLiSr. The van der Waals surface area contributed by atoms with Crippen molar-refractivity contribution >= 4 is 81.7 Å². The van der Waals surface area contributed by atoms with Gasteiger partial charge < -0.3 is 0 Å². The summed E-state index contributed by atoms with van der Waals surface area (Å²) in [6.07, 6.45) is 0. The van der Waals surface area contributed by atoms with Crippen LogP contribution in [0.25, 0.3) is 0 Å². The Hall–Kier alpha value is 3.14. The van der Waals surface area contributed by atoms with E-state index in [2.05, 4.69) is 0 Å². The molecule has 0 rings (SSSR count). The zero-order valence-electron chi connectivity index (χ0n) is 0.408. The van der Waals surface area contributed by atoms with Crippen molar-refractivity contribution in [2.45, 2.75) is 0 Å². The van der Waals surface area contributed by atoms with Crippen molar-refractivity contribution in [3.63, 3.8) is 0 Å². The van der Waals surface area contributed by atoms with Gasteiger partial charge in [-0.25, -0.2) is 0 Å². The third-order valence-corrected chi connectivity index (χ3v) is 0. The fourth-order valence-corrected chi connectivity index (χ4v) is 0. The first-order chi connectivity index (χ1) is 0. The molecule has 0 N–H and O–H groups in total. The maximum atomic E-state index is 0. The molecule has 0 fully saturated rings. The van der Waals surface area contributed by atoms with Gasteiger partial charge in [0.1, 0.15) is 0 Å². The molecule has 0 aliphatic carbocycles. The summed E-state index contributed by atoms with van der Waals surface area (Å²) in [4.78, 5) is 0. The molecule has 0 amide bonds. The summed E-state index contributed by atoms with van der Waals surface area (Å²) in [5.74, 6) is 0. The zero-order valence-corrected chi connectivity index (χ0v) is 1.68. The Labute approximate surface area is 96.8 Å². The summed E-state index contributed by atoms with van der Waals surface area (Å²) in [7, 11) is 0. The SMILES string of the molecule is [AlH3].[Cr].[LiH].[SrH2]. The Kier molecular flexibility index (Phi) is 112. The average Bonchev–Trinajstić information content (AvgIpc) is 0. The molecule has 0 saturated carbocycles. The van der Waals surface area contributed by atoms with E-state index in [1.807, 2.05) is 0 Å². The van der Waals surface area contributed by atoms with Gasteiger partial charge in [0.15, 0.2) is 17.4 Å². The van der Waals surface area contributed by atoms with Crippen LogP contribution in [0.1, 0.15) is 0 Å². The molecule has 4 heteroatoms. The normalized spacial score (nSPS) is 0. The predicted molar refractivity (Wildman–Crippen MR) is 25.6 cm³/mol. The molecule has 0 aliphatic heterocycles. The Morgan fingerprint density at radius 3 is 1.00 bits per heavy atom. The minimum absolute atomic E-state index is 0. The zero-order chi connectivity index (χ0) is 0. The van der Waals surface area contributed by atoms with Crippen LogP contribution in [0.15, 0.2) is 0 Å². The second kappa shape index (κ2) is 16.4. The van der Waals surface area contributed by atoms with E-state index >= 15 is 0 Å². The summed E-state index contributed by atoms with van der Waals surface area (Å²) in [6.45, 7) is 0. The second-order valence-electron chi connectivity index (χ2n) is 0. The van der Waals surface area contributed by atoms with Crippen molar-refractivity contribution in [1.82, 2.24) is 0 Å². The average molecular weight is 180 g/mol. The monoisotopic (exact) mass is 180 g/mol. The van der Waals surface area contributed by atoms with Crippen LogP contribution in [-0.4, -0.2) is 81.7 Å². The van der Waals surface area contributed by atoms with Crippen LogP contribution in [0.3, 0.4) is 0 Å². The first-order valence-corrected chi connectivity index (χ1v) is 0. The van der Waals surface area contributed by atoms with Gasteiger partial charge in [0.2, 0.25) is 0 Å². The van der Waals surface area contributed by atoms with Crippen molar-refractivity contribution in [3.8, 4) is 0 Å². The van der Waals surface area contributed by atoms with Gasteiger partial charge in [-0.05, 0) is 0 Å². The molecule has 0 radical (unpaired) electrons. The van der Waals surface area contributed by atoms with Crippen LogP contribution in [0.5, 0.6) is 0 Å². The van der Waals surface area contributed by atoms with E-state index in [4.69, 9.17) is 0 Å². The predicted octanol–water partition coefficient (Wildman–Crippen LogP) is -2.75. The molecule has 0 unspecified atom stereocenters. The Bertz CT molecular complexity index is 8.00. The van der Waals surface area contributed by atoms with Crippen molar-refractivity contribution in [1.29, 1.82) is 0 Å². The molecular weight excluding hydrogens is 174 g/mol. The molecule has 18 valence electrons. The molecule has 0 spiro atoms. The standard InChI is InChI=1S/Al.Cr.Li.Sr.6H. The summed E-state index contributed by atoms with van der Waals surface area (Å²) < 4.78 is 0. The van der Waals surface area contributed by atoms with E-state index in [9.17, 15) is 0 Å². The number of rotatable bonds is 0. The molecule has 0 aromatic heterocycles. The van der Waals surface area contributed by atoms with E-state index in [1.54, 1.807) is 0 Å².